The number of alkyl halides is 3. The number of hydrogen-bond donors (Lipinski definition) is 1. The summed E-state index contributed by atoms with van der Waals surface area (Å²) in [6.45, 7) is 2.07. The number of rotatable bonds is 4. The zero-order chi connectivity index (χ0) is 21.3. The molecular formula is C22H22F3N3O2. The molecule has 0 bridgehead atoms. The summed E-state index contributed by atoms with van der Waals surface area (Å²) in [6.07, 6.45) is -1.35. The lowest BCUT2D eigenvalue weighted by Crippen LogP contribution is -2.24. The Morgan fingerprint density at radius 1 is 0.967 bits per heavy atom. The van der Waals surface area contributed by atoms with Crippen molar-refractivity contribution in [3.8, 4) is 0 Å². The highest BCUT2D eigenvalue weighted by molar-refractivity contribution is 6.07. The molecule has 2 heterocycles. The molecule has 8 heteroatoms. The maximum Gasteiger partial charge on any atom is 0.416 e. The van der Waals surface area contributed by atoms with Gasteiger partial charge in [0.15, 0.2) is 0 Å². The van der Waals surface area contributed by atoms with Crippen molar-refractivity contribution < 1.29 is 22.8 Å². The molecule has 158 valence electrons. The Morgan fingerprint density at radius 3 is 2.40 bits per heavy atom. The Balaban J connectivity index is 1.63. The molecule has 5 nitrogen and oxygen atoms in total. The van der Waals surface area contributed by atoms with E-state index in [1.54, 1.807) is 29.2 Å². The van der Waals surface area contributed by atoms with Crippen LogP contribution in [-0.2, 0) is 11.0 Å². The summed E-state index contributed by atoms with van der Waals surface area (Å²) in [4.78, 5) is 28.5. The van der Waals surface area contributed by atoms with Gasteiger partial charge in [0.25, 0.3) is 5.91 Å². The molecule has 2 fully saturated rings. The molecule has 0 atom stereocenters. The number of nitrogens with zero attached hydrogens (tertiary/aromatic N) is 2. The average molecular weight is 417 g/mol. The lowest BCUT2D eigenvalue weighted by Gasteiger charge is -2.23. The minimum atomic E-state index is -4.50. The summed E-state index contributed by atoms with van der Waals surface area (Å²) >= 11 is 0. The fourth-order valence-corrected chi connectivity index (χ4v) is 3.98. The van der Waals surface area contributed by atoms with Crippen LogP contribution in [0.3, 0.4) is 0 Å². The molecule has 2 aromatic carbocycles. The molecule has 0 aliphatic carbocycles. The smallest absolute Gasteiger partial charge is 0.370 e. The average Bonchev–Trinajstić information content (AvgIpc) is 3.39. The second kappa shape index (κ2) is 8.01. The normalized spacial score (nSPS) is 17.0. The number of halogens is 3. The van der Waals surface area contributed by atoms with Gasteiger partial charge in [0.1, 0.15) is 0 Å². The van der Waals surface area contributed by atoms with Gasteiger partial charge in [-0.3, -0.25) is 9.59 Å². The second-order valence-electron chi connectivity index (χ2n) is 7.58. The van der Waals surface area contributed by atoms with Gasteiger partial charge in [0.2, 0.25) is 5.91 Å². The Hall–Kier alpha value is -3.03. The van der Waals surface area contributed by atoms with Crippen molar-refractivity contribution in [2.45, 2.75) is 31.9 Å². The van der Waals surface area contributed by atoms with Crippen molar-refractivity contribution in [1.82, 2.24) is 0 Å². The van der Waals surface area contributed by atoms with Crippen molar-refractivity contribution in [3.63, 3.8) is 0 Å². The van der Waals surface area contributed by atoms with Gasteiger partial charge in [-0.2, -0.15) is 13.2 Å². The number of anilines is 3. The van der Waals surface area contributed by atoms with Crippen LogP contribution in [-0.4, -0.2) is 31.4 Å². The summed E-state index contributed by atoms with van der Waals surface area (Å²) < 4.78 is 39.7. The molecule has 0 spiro atoms. The van der Waals surface area contributed by atoms with Crippen LogP contribution in [0, 0.1) is 0 Å². The van der Waals surface area contributed by atoms with Gasteiger partial charge in [0, 0.05) is 37.3 Å². The van der Waals surface area contributed by atoms with Gasteiger partial charge in [-0.25, -0.2) is 0 Å². The predicted molar refractivity (Wildman–Crippen MR) is 109 cm³/mol. The molecule has 2 aromatic rings. The minimum Gasteiger partial charge on any atom is -0.370 e. The highest BCUT2D eigenvalue weighted by atomic mass is 19.4. The molecule has 4 rings (SSSR count). The van der Waals surface area contributed by atoms with E-state index in [1.165, 1.54) is 6.07 Å². The second-order valence-corrected chi connectivity index (χ2v) is 7.58. The van der Waals surface area contributed by atoms with Crippen LogP contribution in [0.4, 0.5) is 30.2 Å². The van der Waals surface area contributed by atoms with Gasteiger partial charge in [-0.1, -0.05) is 6.07 Å². The Kier molecular flexibility index (Phi) is 5.40. The Labute approximate surface area is 172 Å². The van der Waals surface area contributed by atoms with E-state index in [4.69, 9.17) is 0 Å². The molecule has 2 aliphatic heterocycles. The minimum absolute atomic E-state index is 0.00163. The number of nitrogens with one attached hydrogen (secondary N) is 1. The van der Waals surface area contributed by atoms with E-state index in [9.17, 15) is 22.8 Å². The van der Waals surface area contributed by atoms with Crippen LogP contribution in [0.5, 0.6) is 0 Å². The van der Waals surface area contributed by atoms with Gasteiger partial charge < -0.3 is 15.1 Å². The SMILES string of the molecule is O=C(Nc1cc(C(F)(F)F)ccc1N1CCCC1)c1cccc(N2CCCC2=O)c1. The summed E-state index contributed by atoms with van der Waals surface area (Å²) in [5.41, 5.74) is 0.821. The van der Waals surface area contributed by atoms with Gasteiger partial charge >= 0.3 is 6.18 Å². The highest BCUT2D eigenvalue weighted by Crippen LogP contribution is 2.37. The zero-order valence-electron chi connectivity index (χ0n) is 16.3. The van der Waals surface area contributed by atoms with Crippen LogP contribution in [0.25, 0.3) is 0 Å². The van der Waals surface area contributed by atoms with Crippen LogP contribution in [0.1, 0.15) is 41.6 Å². The van der Waals surface area contributed by atoms with Crippen molar-refractivity contribution in [2.24, 2.45) is 0 Å². The van der Waals surface area contributed by atoms with Crippen LogP contribution < -0.4 is 15.1 Å². The molecule has 0 radical (unpaired) electrons. The number of benzene rings is 2. The monoisotopic (exact) mass is 417 g/mol. The number of carbonyl (C=O) groups is 2. The highest BCUT2D eigenvalue weighted by Gasteiger charge is 2.32. The van der Waals surface area contributed by atoms with Crippen molar-refractivity contribution in [1.29, 1.82) is 0 Å². The van der Waals surface area contributed by atoms with Crippen molar-refractivity contribution >= 4 is 28.9 Å². The topological polar surface area (TPSA) is 52.7 Å². The lowest BCUT2D eigenvalue weighted by molar-refractivity contribution is -0.137. The van der Waals surface area contributed by atoms with Crippen LogP contribution in [0.2, 0.25) is 0 Å². The molecule has 2 amide bonds. The van der Waals surface area contributed by atoms with Crippen LogP contribution >= 0.6 is 0 Å². The Bertz CT molecular complexity index is 968. The van der Waals surface area contributed by atoms with Gasteiger partial charge in [-0.15, -0.1) is 0 Å². The summed E-state index contributed by atoms with van der Waals surface area (Å²) in [5.74, 6) is -0.509. The number of amides is 2. The first-order valence-corrected chi connectivity index (χ1v) is 10.0. The molecule has 0 saturated carbocycles. The fourth-order valence-electron chi connectivity index (χ4n) is 3.98. The Morgan fingerprint density at radius 2 is 1.73 bits per heavy atom. The third-order valence-electron chi connectivity index (χ3n) is 5.51. The number of hydrogen-bond acceptors (Lipinski definition) is 3. The third kappa shape index (κ3) is 4.13. The maximum atomic E-state index is 13.2. The standard InChI is InChI=1S/C22H22F3N3O2/c23-22(24,25)16-8-9-19(27-10-1-2-11-27)18(14-16)26-21(30)15-5-3-6-17(13-15)28-12-4-7-20(28)29/h3,5-6,8-9,13-14H,1-2,4,7,10-12H2,(H,26,30). The largest absolute Gasteiger partial charge is 0.416 e. The van der Waals surface area contributed by atoms with E-state index in [1.807, 2.05) is 4.90 Å². The maximum absolute atomic E-state index is 13.2. The molecule has 0 unspecified atom stereocenters. The van der Waals surface area contributed by atoms with E-state index in [0.29, 0.717) is 24.3 Å². The van der Waals surface area contributed by atoms with Crippen molar-refractivity contribution in [3.05, 3.63) is 53.6 Å². The zero-order valence-corrected chi connectivity index (χ0v) is 16.3. The molecular weight excluding hydrogens is 395 g/mol. The molecule has 2 aliphatic rings. The van der Waals surface area contributed by atoms with E-state index in [0.717, 1.165) is 44.5 Å². The molecule has 30 heavy (non-hydrogen) atoms. The number of carbonyl (C=O) groups excluding carboxylic acids is 2. The lowest BCUT2D eigenvalue weighted by atomic mass is 10.1. The summed E-state index contributed by atoms with van der Waals surface area (Å²) in [6, 6.07) is 10.1. The van der Waals surface area contributed by atoms with E-state index in [2.05, 4.69) is 5.32 Å². The van der Waals surface area contributed by atoms with E-state index >= 15 is 0 Å². The van der Waals surface area contributed by atoms with E-state index < -0.39 is 17.6 Å². The first-order valence-electron chi connectivity index (χ1n) is 10.0. The molecule has 1 N–H and O–H groups in total. The predicted octanol–water partition coefficient (Wildman–Crippen LogP) is 4.68. The molecule has 0 aromatic heterocycles. The van der Waals surface area contributed by atoms with Crippen LogP contribution in [0.15, 0.2) is 42.5 Å². The van der Waals surface area contributed by atoms with Crippen molar-refractivity contribution in [2.75, 3.05) is 34.8 Å². The van der Waals surface area contributed by atoms with Gasteiger partial charge in [-0.05, 0) is 55.7 Å². The first-order chi connectivity index (χ1) is 14.3. The quantitative estimate of drug-likeness (QED) is 0.786. The first kappa shape index (κ1) is 20.3. The molecule has 2 saturated heterocycles. The fraction of sp³-hybridized carbons (Fsp3) is 0.364. The van der Waals surface area contributed by atoms with E-state index in [-0.39, 0.29) is 17.2 Å². The van der Waals surface area contributed by atoms with Gasteiger partial charge in [0.05, 0.1) is 16.9 Å². The summed E-state index contributed by atoms with van der Waals surface area (Å²) in [7, 11) is 0. The summed E-state index contributed by atoms with van der Waals surface area (Å²) in [5, 5.41) is 2.66. The third-order valence-corrected chi connectivity index (χ3v) is 5.51.